The lowest BCUT2D eigenvalue weighted by molar-refractivity contribution is -0.385. The summed E-state index contributed by atoms with van der Waals surface area (Å²) in [5.74, 6) is -0.147. The van der Waals surface area contributed by atoms with Gasteiger partial charge < -0.3 is 4.42 Å². The van der Waals surface area contributed by atoms with Crippen LogP contribution >= 0.6 is 0 Å². The number of anilines is 1. The van der Waals surface area contributed by atoms with Gasteiger partial charge in [0.05, 0.1) is 28.3 Å². The van der Waals surface area contributed by atoms with Gasteiger partial charge in [0.1, 0.15) is 11.6 Å². The molecule has 27 heavy (non-hydrogen) atoms. The van der Waals surface area contributed by atoms with Crippen molar-refractivity contribution in [2.24, 2.45) is 0 Å². The smallest absolute Gasteiger partial charge is 0.270 e. The predicted octanol–water partition coefficient (Wildman–Crippen LogP) is 4.03. The van der Waals surface area contributed by atoms with Gasteiger partial charge in [-0.3, -0.25) is 14.4 Å². The molecule has 0 unspecified atom stereocenters. The van der Waals surface area contributed by atoms with E-state index in [4.69, 9.17) is 4.42 Å². The van der Waals surface area contributed by atoms with Crippen LogP contribution in [0.4, 0.5) is 15.8 Å². The molecule has 1 aromatic heterocycles. The first kappa shape index (κ1) is 18.6. The van der Waals surface area contributed by atoms with Crippen LogP contribution in [0.5, 0.6) is 0 Å². The zero-order valence-corrected chi connectivity index (χ0v) is 15.0. The topological polar surface area (TPSA) is 93.7 Å². The number of rotatable bonds is 6. The Morgan fingerprint density at radius 3 is 2.44 bits per heavy atom. The Kier molecular flexibility index (Phi) is 4.95. The van der Waals surface area contributed by atoms with Crippen LogP contribution in [0, 0.1) is 22.9 Å². The zero-order valence-electron chi connectivity index (χ0n) is 14.2. The normalized spacial score (nSPS) is 11.3. The second-order valence-electron chi connectivity index (χ2n) is 5.77. The highest BCUT2D eigenvalue weighted by molar-refractivity contribution is 7.92. The molecule has 3 aromatic rings. The van der Waals surface area contributed by atoms with E-state index in [9.17, 15) is 22.9 Å². The van der Waals surface area contributed by atoms with E-state index in [2.05, 4.69) is 0 Å². The Labute approximate surface area is 154 Å². The van der Waals surface area contributed by atoms with Crippen molar-refractivity contribution in [1.29, 1.82) is 0 Å². The Hall–Kier alpha value is -3.20. The number of benzene rings is 2. The standard InChI is InChI=1S/C18H15FN2O5S/c1-13-4-7-16(21(22)23)11-18(13)27(24,25)20(12-17-3-2-10-26-17)15-8-5-14(19)6-9-15/h2-11H,12H2,1H3. The molecule has 0 saturated heterocycles. The number of halogens is 1. The molecule has 0 fully saturated rings. The number of furan rings is 1. The largest absolute Gasteiger partial charge is 0.467 e. The monoisotopic (exact) mass is 390 g/mol. The second-order valence-corrected chi connectivity index (χ2v) is 7.61. The van der Waals surface area contributed by atoms with Crippen molar-refractivity contribution in [3.63, 3.8) is 0 Å². The van der Waals surface area contributed by atoms with Crippen molar-refractivity contribution in [3.05, 3.63) is 88.1 Å². The first-order chi connectivity index (χ1) is 12.8. The highest BCUT2D eigenvalue weighted by Gasteiger charge is 2.29. The SMILES string of the molecule is Cc1ccc([N+](=O)[O-])cc1S(=O)(=O)N(Cc1ccco1)c1ccc(F)cc1. The first-order valence-corrected chi connectivity index (χ1v) is 9.29. The maximum absolute atomic E-state index is 13.3. The Morgan fingerprint density at radius 2 is 1.85 bits per heavy atom. The lowest BCUT2D eigenvalue weighted by Crippen LogP contribution is -2.31. The summed E-state index contributed by atoms with van der Waals surface area (Å²) >= 11 is 0. The summed E-state index contributed by atoms with van der Waals surface area (Å²) in [6, 6.07) is 11.8. The Bertz CT molecular complexity index is 1060. The van der Waals surface area contributed by atoms with Crippen LogP contribution in [0.25, 0.3) is 0 Å². The van der Waals surface area contributed by atoms with Crippen molar-refractivity contribution in [2.45, 2.75) is 18.4 Å². The number of hydrogen-bond acceptors (Lipinski definition) is 5. The summed E-state index contributed by atoms with van der Waals surface area (Å²) in [5, 5.41) is 11.1. The van der Waals surface area contributed by atoms with Crippen molar-refractivity contribution < 1.29 is 22.1 Å². The molecular weight excluding hydrogens is 375 g/mol. The Balaban J connectivity index is 2.14. The maximum atomic E-state index is 13.3. The molecule has 0 spiro atoms. The minimum atomic E-state index is -4.18. The maximum Gasteiger partial charge on any atom is 0.270 e. The molecule has 3 rings (SSSR count). The van der Waals surface area contributed by atoms with Gasteiger partial charge in [-0.15, -0.1) is 0 Å². The third-order valence-electron chi connectivity index (χ3n) is 3.94. The number of nitro groups is 1. The summed E-state index contributed by atoms with van der Waals surface area (Å²) in [5.41, 5.74) is 0.224. The van der Waals surface area contributed by atoms with Gasteiger partial charge in [0, 0.05) is 12.1 Å². The first-order valence-electron chi connectivity index (χ1n) is 7.85. The lowest BCUT2D eigenvalue weighted by Gasteiger charge is -2.24. The molecule has 0 aliphatic carbocycles. The molecule has 0 aliphatic heterocycles. The summed E-state index contributed by atoms with van der Waals surface area (Å²) in [4.78, 5) is 10.2. The van der Waals surface area contributed by atoms with Crippen LogP contribution in [-0.2, 0) is 16.6 Å². The highest BCUT2D eigenvalue weighted by atomic mass is 32.2. The summed E-state index contributed by atoms with van der Waals surface area (Å²) in [6.45, 7) is 1.40. The van der Waals surface area contributed by atoms with Crippen LogP contribution in [0.3, 0.4) is 0 Å². The van der Waals surface area contributed by atoms with E-state index in [1.54, 1.807) is 19.1 Å². The molecule has 0 amide bonds. The number of non-ortho nitro benzene ring substituents is 1. The van der Waals surface area contributed by atoms with Crippen molar-refractivity contribution in [3.8, 4) is 0 Å². The molecule has 0 aliphatic rings. The summed E-state index contributed by atoms with van der Waals surface area (Å²) in [6.07, 6.45) is 1.41. The average molecular weight is 390 g/mol. The van der Waals surface area contributed by atoms with Crippen molar-refractivity contribution >= 4 is 21.4 Å². The molecule has 0 radical (unpaired) electrons. The molecule has 9 heteroatoms. The van der Waals surface area contributed by atoms with Gasteiger partial charge in [0.2, 0.25) is 0 Å². The van der Waals surface area contributed by atoms with E-state index < -0.39 is 20.8 Å². The van der Waals surface area contributed by atoms with E-state index in [0.29, 0.717) is 11.3 Å². The van der Waals surface area contributed by atoms with Crippen molar-refractivity contribution in [1.82, 2.24) is 0 Å². The van der Waals surface area contributed by atoms with Crippen LogP contribution < -0.4 is 4.31 Å². The molecular formula is C18H15FN2O5S. The molecule has 0 atom stereocenters. The van der Waals surface area contributed by atoms with Crippen LogP contribution in [0.1, 0.15) is 11.3 Å². The highest BCUT2D eigenvalue weighted by Crippen LogP contribution is 2.30. The third kappa shape index (κ3) is 3.82. The van der Waals surface area contributed by atoms with E-state index in [1.807, 2.05) is 0 Å². The number of aryl methyl sites for hydroxylation is 1. The van der Waals surface area contributed by atoms with Gasteiger partial charge >= 0.3 is 0 Å². The summed E-state index contributed by atoms with van der Waals surface area (Å²) < 4.78 is 46.2. The van der Waals surface area contributed by atoms with E-state index in [-0.39, 0.29) is 22.8 Å². The number of nitrogens with zero attached hydrogens (tertiary/aromatic N) is 2. The van der Waals surface area contributed by atoms with Gasteiger partial charge in [-0.25, -0.2) is 12.8 Å². The lowest BCUT2D eigenvalue weighted by atomic mass is 10.2. The summed E-state index contributed by atoms with van der Waals surface area (Å²) in [7, 11) is -4.18. The molecule has 2 aromatic carbocycles. The van der Waals surface area contributed by atoms with Gasteiger partial charge in [0.25, 0.3) is 15.7 Å². The van der Waals surface area contributed by atoms with E-state index in [1.165, 1.54) is 30.5 Å². The molecule has 140 valence electrons. The fourth-order valence-electron chi connectivity index (χ4n) is 2.57. The van der Waals surface area contributed by atoms with Gasteiger partial charge in [0.15, 0.2) is 0 Å². The Morgan fingerprint density at radius 1 is 1.15 bits per heavy atom. The average Bonchev–Trinajstić information content (AvgIpc) is 3.14. The fraction of sp³-hybridized carbons (Fsp3) is 0.111. The zero-order chi connectivity index (χ0) is 19.6. The van der Waals surface area contributed by atoms with Crippen LogP contribution in [0.2, 0.25) is 0 Å². The molecule has 0 N–H and O–H groups in total. The minimum absolute atomic E-state index is 0.150. The molecule has 0 saturated carbocycles. The molecule has 7 nitrogen and oxygen atoms in total. The molecule has 1 heterocycles. The number of hydrogen-bond donors (Lipinski definition) is 0. The van der Waals surface area contributed by atoms with Crippen molar-refractivity contribution in [2.75, 3.05) is 4.31 Å². The molecule has 0 bridgehead atoms. The minimum Gasteiger partial charge on any atom is -0.467 e. The van der Waals surface area contributed by atoms with Gasteiger partial charge in [-0.05, 0) is 48.9 Å². The van der Waals surface area contributed by atoms with Gasteiger partial charge in [-0.1, -0.05) is 6.07 Å². The van der Waals surface area contributed by atoms with Gasteiger partial charge in [-0.2, -0.15) is 0 Å². The number of sulfonamides is 1. The van der Waals surface area contributed by atoms with Crippen LogP contribution in [0.15, 0.2) is 70.2 Å². The van der Waals surface area contributed by atoms with E-state index in [0.717, 1.165) is 22.5 Å². The number of nitro benzene ring substituents is 1. The second kappa shape index (κ2) is 7.20. The predicted molar refractivity (Wildman–Crippen MR) is 96.3 cm³/mol. The quantitative estimate of drug-likeness (QED) is 0.468. The van der Waals surface area contributed by atoms with Crippen LogP contribution in [-0.4, -0.2) is 13.3 Å². The van der Waals surface area contributed by atoms with E-state index >= 15 is 0 Å². The third-order valence-corrected chi connectivity index (χ3v) is 5.86. The fourth-order valence-corrected chi connectivity index (χ4v) is 4.24.